The van der Waals surface area contributed by atoms with E-state index in [1.165, 1.54) is 17.6 Å². The summed E-state index contributed by atoms with van der Waals surface area (Å²) in [7, 11) is -3.99. The van der Waals surface area contributed by atoms with Crippen LogP contribution in [0.2, 0.25) is 0 Å². The van der Waals surface area contributed by atoms with Gasteiger partial charge in [0.05, 0.1) is 4.90 Å². The van der Waals surface area contributed by atoms with Crippen LogP contribution in [-0.2, 0) is 14.6 Å². The molecule has 0 aromatic heterocycles. The quantitative estimate of drug-likeness (QED) is 0.462. The van der Waals surface area contributed by atoms with Crippen molar-refractivity contribution in [2.24, 2.45) is 0 Å². The molecule has 1 aliphatic heterocycles. The molecule has 1 fully saturated rings. The Kier molecular flexibility index (Phi) is 5.10. The van der Waals surface area contributed by atoms with Crippen LogP contribution in [0, 0.1) is 0 Å². The number of hydroxylamine groups is 1. The van der Waals surface area contributed by atoms with Gasteiger partial charge in [0.25, 0.3) is 5.91 Å². The van der Waals surface area contributed by atoms with Crippen molar-refractivity contribution >= 4 is 15.7 Å². The number of hydrogen-bond acceptors (Lipinski definition) is 6. The Hall–Kier alpha value is -2.26. The number of amides is 1. The molecule has 1 heterocycles. The number of aliphatic hydroxyl groups is 1. The lowest BCUT2D eigenvalue weighted by atomic mass is 9.93. The molecule has 2 unspecified atom stereocenters. The van der Waals surface area contributed by atoms with Crippen molar-refractivity contribution in [3.05, 3.63) is 54.6 Å². The fraction of sp³-hybridized carbons (Fsp3) is 0.278. The van der Waals surface area contributed by atoms with E-state index in [4.69, 9.17) is 5.21 Å². The lowest BCUT2D eigenvalue weighted by Gasteiger charge is -2.37. The van der Waals surface area contributed by atoms with Crippen molar-refractivity contribution in [1.82, 2.24) is 10.8 Å². The van der Waals surface area contributed by atoms with E-state index in [2.05, 4.69) is 5.32 Å². The van der Waals surface area contributed by atoms with E-state index in [9.17, 15) is 18.3 Å². The van der Waals surface area contributed by atoms with Crippen LogP contribution in [0.15, 0.2) is 59.5 Å². The molecule has 1 amide bonds. The molecule has 1 saturated heterocycles. The summed E-state index contributed by atoms with van der Waals surface area (Å²) in [5.41, 5.74) is 0.933. The standard InChI is InChI=1S/C18H20N2O5S/c21-17(20-23)18(22)12-19-11-10-16(18)26(24,25)15-8-6-14(7-9-15)13-4-2-1-3-5-13/h1-9,16,19,22-23H,10-12H2,(H,20,21). The fourth-order valence-electron chi connectivity index (χ4n) is 3.23. The number of nitrogens with one attached hydrogen (secondary N) is 2. The summed E-state index contributed by atoms with van der Waals surface area (Å²) in [5, 5.41) is 20.9. The molecule has 0 aliphatic carbocycles. The fourth-order valence-corrected chi connectivity index (χ4v) is 5.21. The Morgan fingerprint density at radius 2 is 1.69 bits per heavy atom. The van der Waals surface area contributed by atoms with Gasteiger partial charge in [-0.3, -0.25) is 10.0 Å². The second kappa shape index (κ2) is 7.16. The van der Waals surface area contributed by atoms with Crippen molar-refractivity contribution in [1.29, 1.82) is 0 Å². The van der Waals surface area contributed by atoms with Crippen LogP contribution in [0.25, 0.3) is 11.1 Å². The van der Waals surface area contributed by atoms with Crippen LogP contribution in [0.1, 0.15) is 6.42 Å². The van der Waals surface area contributed by atoms with Crippen LogP contribution in [0.3, 0.4) is 0 Å². The van der Waals surface area contributed by atoms with Gasteiger partial charge in [-0.2, -0.15) is 0 Å². The summed E-state index contributed by atoms with van der Waals surface area (Å²) >= 11 is 0. The number of sulfone groups is 1. The number of piperidine rings is 1. The summed E-state index contributed by atoms with van der Waals surface area (Å²) < 4.78 is 26.0. The van der Waals surface area contributed by atoms with Crippen LogP contribution in [0.5, 0.6) is 0 Å². The molecular formula is C18H20N2O5S. The van der Waals surface area contributed by atoms with Crippen molar-refractivity contribution in [2.75, 3.05) is 13.1 Å². The first-order valence-corrected chi connectivity index (χ1v) is 9.71. The smallest absolute Gasteiger partial charge is 0.277 e. The molecule has 7 nitrogen and oxygen atoms in total. The molecular weight excluding hydrogens is 356 g/mol. The van der Waals surface area contributed by atoms with E-state index >= 15 is 0 Å². The molecule has 0 saturated carbocycles. The zero-order chi connectivity index (χ0) is 18.8. The highest BCUT2D eigenvalue weighted by Crippen LogP contribution is 2.30. The number of benzene rings is 2. The molecule has 8 heteroatoms. The maximum atomic E-state index is 13.0. The molecule has 2 atom stereocenters. The molecule has 138 valence electrons. The van der Waals surface area contributed by atoms with E-state index in [0.717, 1.165) is 11.1 Å². The molecule has 0 radical (unpaired) electrons. The first kappa shape index (κ1) is 18.5. The third kappa shape index (κ3) is 3.24. The summed E-state index contributed by atoms with van der Waals surface area (Å²) in [6.07, 6.45) is 0.0483. The van der Waals surface area contributed by atoms with Gasteiger partial charge in [0.15, 0.2) is 15.4 Å². The SMILES string of the molecule is O=C(NO)C1(O)CNCCC1S(=O)(=O)c1ccc(-c2ccccc2)cc1. The van der Waals surface area contributed by atoms with Crippen molar-refractivity contribution in [3.8, 4) is 11.1 Å². The molecule has 1 aliphatic rings. The summed E-state index contributed by atoms with van der Waals surface area (Å²) in [6, 6.07) is 15.8. The Morgan fingerprint density at radius 3 is 2.31 bits per heavy atom. The van der Waals surface area contributed by atoms with E-state index in [0.29, 0.717) is 6.54 Å². The lowest BCUT2D eigenvalue weighted by molar-refractivity contribution is -0.149. The van der Waals surface area contributed by atoms with Crippen LogP contribution >= 0.6 is 0 Å². The molecule has 0 bridgehead atoms. The number of carbonyl (C=O) groups excluding carboxylic acids is 1. The minimum atomic E-state index is -3.99. The molecule has 2 aromatic carbocycles. The molecule has 0 spiro atoms. The highest BCUT2D eigenvalue weighted by atomic mass is 32.2. The molecule has 26 heavy (non-hydrogen) atoms. The van der Waals surface area contributed by atoms with Gasteiger partial charge in [-0.25, -0.2) is 13.9 Å². The predicted octanol–water partition coefficient (Wildman–Crippen LogP) is 0.726. The minimum Gasteiger partial charge on any atom is -0.377 e. The third-order valence-electron chi connectivity index (χ3n) is 4.67. The zero-order valence-corrected chi connectivity index (χ0v) is 14.7. The first-order chi connectivity index (χ1) is 12.4. The van der Waals surface area contributed by atoms with Gasteiger partial charge in [-0.15, -0.1) is 0 Å². The third-order valence-corrected chi connectivity index (χ3v) is 6.97. The van der Waals surface area contributed by atoms with Crippen molar-refractivity contribution in [2.45, 2.75) is 22.2 Å². The summed E-state index contributed by atoms with van der Waals surface area (Å²) in [6.45, 7) is 0.0817. The Morgan fingerprint density at radius 1 is 1.08 bits per heavy atom. The molecule has 2 aromatic rings. The van der Waals surface area contributed by atoms with Crippen LogP contribution in [0.4, 0.5) is 0 Å². The van der Waals surface area contributed by atoms with E-state index in [1.54, 1.807) is 12.1 Å². The zero-order valence-electron chi connectivity index (χ0n) is 13.9. The highest BCUT2D eigenvalue weighted by molar-refractivity contribution is 7.92. The van der Waals surface area contributed by atoms with Gasteiger partial charge < -0.3 is 10.4 Å². The Bertz CT molecular complexity index is 884. The first-order valence-electron chi connectivity index (χ1n) is 8.16. The van der Waals surface area contributed by atoms with Gasteiger partial charge in [0, 0.05) is 6.54 Å². The Balaban J connectivity index is 1.95. The predicted molar refractivity (Wildman–Crippen MR) is 95.2 cm³/mol. The molecule has 3 rings (SSSR count). The average molecular weight is 376 g/mol. The second-order valence-corrected chi connectivity index (χ2v) is 8.39. The van der Waals surface area contributed by atoms with E-state index < -0.39 is 26.6 Å². The topological polar surface area (TPSA) is 116 Å². The lowest BCUT2D eigenvalue weighted by Crippen LogP contribution is -2.65. The van der Waals surface area contributed by atoms with Gasteiger partial charge in [0.2, 0.25) is 0 Å². The van der Waals surface area contributed by atoms with Gasteiger partial charge in [-0.05, 0) is 36.2 Å². The van der Waals surface area contributed by atoms with Gasteiger partial charge in [0.1, 0.15) is 5.25 Å². The molecule has 4 N–H and O–H groups in total. The maximum Gasteiger partial charge on any atom is 0.277 e. The number of carbonyl (C=O) groups is 1. The largest absolute Gasteiger partial charge is 0.377 e. The van der Waals surface area contributed by atoms with Crippen LogP contribution in [-0.4, -0.2) is 48.6 Å². The number of β-amino-alcohol motifs (C(OH)–C–C–N with tert-alkyl or cyclic N) is 1. The monoisotopic (exact) mass is 376 g/mol. The number of hydrogen-bond donors (Lipinski definition) is 4. The maximum absolute atomic E-state index is 13.0. The summed E-state index contributed by atoms with van der Waals surface area (Å²) in [4.78, 5) is 11.9. The van der Waals surface area contributed by atoms with Crippen molar-refractivity contribution in [3.63, 3.8) is 0 Å². The number of rotatable bonds is 4. The van der Waals surface area contributed by atoms with Crippen molar-refractivity contribution < 1.29 is 23.5 Å². The normalized spacial score (nSPS) is 23.4. The average Bonchev–Trinajstić information content (AvgIpc) is 2.68. The second-order valence-electron chi connectivity index (χ2n) is 6.25. The highest BCUT2D eigenvalue weighted by Gasteiger charge is 2.52. The van der Waals surface area contributed by atoms with Gasteiger partial charge >= 0.3 is 0 Å². The van der Waals surface area contributed by atoms with E-state index in [-0.39, 0.29) is 17.9 Å². The minimum absolute atomic E-state index is 0.0215. The Labute approximate surface area is 151 Å². The van der Waals surface area contributed by atoms with Gasteiger partial charge in [-0.1, -0.05) is 42.5 Å². The van der Waals surface area contributed by atoms with Crippen LogP contribution < -0.4 is 10.8 Å². The summed E-state index contributed by atoms with van der Waals surface area (Å²) in [5.74, 6) is -1.14. The van der Waals surface area contributed by atoms with E-state index in [1.807, 2.05) is 30.3 Å².